The Morgan fingerprint density at radius 1 is 1.47 bits per heavy atom. The van der Waals surface area contributed by atoms with E-state index in [-0.39, 0.29) is 27.9 Å². The summed E-state index contributed by atoms with van der Waals surface area (Å²) in [5, 5.41) is 8.85. The molecular weight excluding hydrogens is 283 g/mol. The maximum atomic E-state index is 12.3. The summed E-state index contributed by atoms with van der Waals surface area (Å²) in [4.78, 5) is 21.8. The van der Waals surface area contributed by atoms with Crippen molar-refractivity contribution in [2.45, 2.75) is 10.4 Å². The maximum absolute atomic E-state index is 12.3. The fourth-order valence-electron chi connectivity index (χ4n) is 1.32. The first-order chi connectivity index (χ1) is 8.82. The van der Waals surface area contributed by atoms with Gasteiger partial charge in [0.2, 0.25) is 0 Å². The van der Waals surface area contributed by atoms with Crippen LogP contribution in [0.2, 0.25) is 0 Å². The van der Waals surface area contributed by atoms with E-state index in [2.05, 4.69) is 4.74 Å². The van der Waals surface area contributed by atoms with Gasteiger partial charge in [-0.2, -0.15) is 18.4 Å². The van der Waals surface area contributed by atoms with Crippen LogP contribution in [-0.2, 0) is 4.74 Å². The topological polar surface area (TPSA) is 67.2 Å². The summed E-state index contributed by atoms with van der Waals surface area (Å²) in [6.45, 7) is 0. The summed E-state index contributed by atoms with van der Waals surface area (Å²) in [5.74, 6) is -0.982. The van der Waals surface area contributed by atoms with Crippen LogP contribution < -0.4 is 0 Å². The molecule has 0 N–H and O–H groups in total. The Hall–Kier alpha value is -2.01. The molecule has 0 aliphatic carbocycles. The highest BCUT2D eigenvalue weighted by atomic mass is 32.2. The lowest BCUT2D eigenvalue weighted by Crippen LogP contribution is -2.08. The molecule has 0 saturated carbocycles. The summed E-state index contributed by atoms with van der Waals surface area (Å²) in [6.07, 6.45) is 0.214. The standard InChI is InChI=1S/C11H6F3NO3S/c1-18-10(17)8-3-7(19-11(12,13)14)2-6(5-16)9(8)4-15/h2-3,5H,1H3. The average Bonchev–Trinajstić information content (AvgIpc) is 2.34. The molecule has 1 aromatic rings. The molecule has 4 nitrogen and oxygen atoms in total. The monoisotopic (exact) mass is 289 g/mol. The molecule has 0 aliphatic rings. The van der Waals surface area contributed by atoms with Crippen molar-refractivity contribution in [3.8, 4) is 6.07 Å². The fraction of sp³-hybridized carbons (Fsp3) is 0.182. The van der Waals surface area contributed by atoms with Crippen LogP contribution in [-0.4, -0.2) is 24.9 Å². The third-order valence-corrected chi connectivity index (χ3v) is 2.72. The molecule has 8 heteroatoms. The predicted octanol–water partition coefficient (Wildman–Crippen LogP) is 2.77. The molecule has 1 rings (SSSR count). The Labute approximate surface area is 110 Å². The normalized spacial score (nSPS) is 10.7. The van der Waals surface area contributed by atoms with Crippen LogP contribution in [0.3, 0.4) is 0 Å². The Morgan fingerprint density at radius 2 is 2.11 bits per heavy atom. The summed E-state index contributed by atoms with van der Waals surface area (Å²) in [7, 11) is 1.02. The zero-order valence-electron chi connectivity index (χ0n) is 9.45. The van der Waals surface area contributed by atoms with Gasteiger partial charge in [-0.05, 0) is 23.9 Å². The molecule has 0 amide bonds. The fourth-order valence-corrected chi connectivity index (χ4v) is 1.95. The van der Waals surface area contributed by atoms with Gasteiger partial charge in [0.1, 0.15) is 6.07 Å². The number of halogens is 3. The number of nitriles is 1. The molecule has 0 aliphatic heterocycles. The van der Waals surface area contributed by atoms with Gasteiger partial charge in [-0.3, -0.25) is 4.79 Å². The van der Waals surface area contributed by atoms with Crippen molar-refractivity contribution in [3.05, 3.63) is 28.8 Å². The number of alkyl halides is 3. The summed E-state index contributed by atoms with van der Waals surface area (Å²) in [5.41, 5.74) is -5.55. The molecule has 100 valence electrons. The van der Waals surface area contributed by atoms with E-state index in [9.17, 15) is 22.8 Å². The number of ether oxygens (including phenoxy) is 1. The second kappa shape index (κ2) is 5.75. The molecule has 1 aromatic carbocycles. The van der Waals surface area contributed by atoms with E-state index >= 15 is 0 Å². The van der Waals surface area contributed by atoms with Crippen LogP contribution >= 0.6 is 11.8 Å². The van der Waals surface area contributed by atoms with Gasteiger partial charge >= 0.3 is 11.5 Å². The van der Waals surface area contributed by atoms with Crippen molar-refractivity contribution in [2.24, 2.45) is 0 Å². The first-order valence-electron chi connectivity index (χ1n) is 4.69. The van der Waals surface area contributed by atoms with Crippen molar-refractivity contribution < 1.29 is 27.5 Å². The number of thioether (sulfide) groups is 1. The number of rotatable bonds is 3. The number of carbonyl (C=O) groups is 2. The molecule has 19 heavy (non-hydrogen) atoms. The van der Waals surface area contributed by atoms with Crippen LogP contribution in [0.5, 0.6) is 0 Å². The largest absolute Gasteiger partial charge is 0.465 e. The number of carbonyl (C=O) groups excluding carboxylic acids is 2. The van der Waals surface area contributed by atoms with Gasteiger partial charge in [0.25, 0.3) is 0 Å². The molecule has 0 radical (unpaired) electrons. The quantitative estimate of drug-likeness (QED) is 0.486. The number of nitrogens with zero attached hydrogens (tertiary/aromatic N) is 1. The Balaban J connectivity index is 3.43. The van der Waals surface area contributed by atoms with E-state index in [0.717, 1.165) is 19.2 Å². The highest BCUT2D eigenvalue weighted by molar-refractivity contribution is 8.00. The highest BCUT2D eigenvalue weighted by Crippen LogP contribution is 2.38. The van der Waals surface area contributed by atoms with Crippen LogP contribution in [0.1, 0.15) is 26.3 Å². The van der Waals surface area contributed by atoms with Gasteiger partial charge in [0, 0.05) is 10.5 Å². The minimum atomic E-state index is -4.57. The number of methoxy groups -OCH3 is 1. The molecule has 0 unspecified atom stereocenters. The zero-order chi connectivity index (χ0) is 14.6. The highest BCUT2D eigenvalue weighted by Gasteiger charge is 2.30. The predicted molar refractivity (Wildman–Crippen MR) is 59.8 cm³/mol. The average molecular weight is 289 g/mol. The molecular formula is C11H6F3NO3S. The van der Waals surface area contributed by atoms with Crippen LogP contribution in [0.15, 0.2) is 17.0 Å². The Kier molecular flexibility index (Phi) is 4.56. The van der Waals surface area contributed by atoms with E-state index in [1.807, 2.05) is 0 Å². The minimum absolute atomic E-state index is 0.214. The van der Waals surface area contributed by atoms with E-state index in [0.29, 0.717) is 0 Å². The number of hydrogen-bond acceptors (Lipinski definition) is 5. The van der Waals surface area contributed by atoms with E-state index in [1.165, 1.54) is 0 Å². The third kappa shape index (κ3) is 3.72. The third-order valence-electron chi connectivity index (χ3n) is 2.02. The summed E-state index contributed by atoms with van der Waals surface area (Å²) >= 11 is -0.485. The van der Waals surface area contributed by atoms with Crippen molar-refractivity contribution in [2.75, 3.05) is 7.11 Å². The minimum Gasteiger partial charge on any atom is -0.465 e. The second-order valence-corrected chi connectivity index (χ2v) is 4.34. The van der Waals surface area contributed by atoms with Crippen LogP contribution in [0.25, 0.3) is 0 Å². The first-order valence-corrected chi connectivity index (χ1v) is 5.51. The zero-order valence-corrected chi connectivity index (χ0v) is 10.3. The lowest BCUT2D eigenvalue weighted by atomic mass is 10.0. The molecule has 0 atom stereocenters. The Bertz CT molecular complexity index is 564. The van der Waals surface area contributed by atoms with Crippen LogP contribution in [0.4, 0.5) is 13.2 Å². The van der Waals surface area contributed by atoms with Crippen LogP contribution in [0, 0.1) is 11.3 Å². The smallest absolute Gasteiger partial charge is 0.446 e. The van der Waals surface area contributed by atoms with Gasteiger partial charge in [-0.15, -0.1) is 0 Å². The SMILES string of the molecule is COC(=O)c1cc(SC(F)(F)F)cc(C=O)c1C#N. The van der Waals surface area contributed by atoms with Crippen molar-refractivity contribution >= 4 is 24.0 Å². The molecule has 0 spiro atoms. The molecule has 0 fully saturated rings. The summed E-state index contributed by atoms with van der Waals surface area (Å²) in [6, 6.07) is 3.37. The van der Waals surface area contributed by atoms with Crippen molar-refractivity contribution in [3.63, 3.8) is 0 Å². The Morgan fingerprint density at radius 3 is 2.53 bits per heavy atom. The van der Waals surface area contributed by atoms with Gasteiger partial charge in [0.15, 0.2) is 6.29 Å². The molecule has 0 aromatic heterocycles. The number of aldehydes is 1. The maximum Gasteiger partial charge on any atom is 0.446 e. The van der Waals surface area contributed by atoms with E-state index in [1.54, 1.807) is 6.07 Å². The van der Waals surface area contributed by atoms with Gasteiger partial charge in [-0.1, -0.05) is 0 Å². The molecule has 0 bridgehead atoms. The number of hydrogen-bond donors (Lipinski definition) is 0. The molecule has 0 saturated heterocycles. The first kappa shape index (κ1) is 15.0. The van der Waals surface area contributed by atoms with Gasteiger partial charge in [-0.25, -0.2) is 4.79 Å². The van der Waals surface area contributed by atoms with Gasteiger partial charge in [0.05, 0.1) is 18.2 Å². The van der Waals surface area contributed by atoms with E-state index < -0.39 is 23.2 Å². The lowest BCUT2D eigenvalue weighted by molar-refractivity contribution is -0.0328. The number of benzene rings is 1. The number of esters is 1. The van der Waals surface area contributed by atoms with Crippen molar-refractivity contribution in [1.29, 1.82) is 5.26 Å². The van der Waals surface area contributed by atoms with Gasteiger partial charge < -0.3 is 4.74 Å². The van der Waals surface area contributed by atoms with Crippen molar-refractivity contribution in [1.82, 2.24) is 0 Å². The lowest BCUT2D eigenvalue weighted by Gasteiger charge is -2.09. The molecule has 0 heterocycles. The van der Waals surface area contributed by atoms with E-state index in [4.69, 9.17) is 5.26 Å². The summed E-state index contributed by atoms with van der Waals surface area (Å²) < 4.78 is 41.2. The second-order valence-electron chi connectivity index (χ2n) is 3.20.